The molecule has 140 valence electrons. The largest absolute Gasteiger partial charge is 0.330 e. The van der Waals surface area contributed by atoms with Crippen LogP contribution in [0.25, 0.3) is 0 Å². The number of carbonyl (C=O) groups excluding carboxylic acids is 1. The monoisotopic (exact) mass is 375 g/mol. The minimum absolute atomic E-state index is 0. The van der Waals surface area contributed by atoms with E-state index in [0.717, 1.165) is 45.3 Å². The topological polar surface area (TPSA) is 63.1 Å². The molecule has 0 radical (unpaired) electrons. The van der Waals surface area contributed by atoms with Gasteiger partial charge in [0.15, 0.2) is 5.69 Å². The molecule has 2 aromatic rings. The summed E-state index contributed by atoms with van der Waals surface area (Å²) < 4.78 is 1.88. The second kappa shape index (κ2) is 8.18. The number of benzene rings is 1. The molecule has 1 aromatic carbocycles. The van der Waals surface area contributed by atoms with Gasteiger partial charge in [-0.05, 0) is 56.8 Å². The zero-order chi connectivity index (χ0) is 17.2. The van der Waals surface area contributed by atoms with E-state index in [9.17, 15) is 4.79 Å². The van der Waals surface area contributed by atoms with Gasteiger partial charge in [0, 0.05) is 6.54 Å². The highest BCUT2D eigenvalue weighted by molar-refractivity contribution is 5.92. The number of aromatic nitrogens is 3. The lowest BCUT2D eigenvalue weighted by Crippen LogP contribution is -2.31. The summed E-state index contributed by atoms with van der Waals surface area (Å²) in [7, 11) is 0. The first-order valence-electron chi connectivity index (χ1n) is 9.23. The number of halogens is 1. The second-order valence-corrected chi connectivity index (χ2v) is 7.08. The van der Waals surface area contributed by atoms with Crippen LogP contribution in [0.3, 0.4) is 0 Å². The Balaban J connectivity index is 0.00000196. The maximum Gasteiger partial charge on any atom is 0.276 e. The van der Waals surface area contributed by atoms with Crippen LogP contribution in [0.5, 0.6) is 0 Å². The van der Waals surface area contributed by atoms with Crippen LogP contribution in [0, 0.1) is 6.92 Å². The van der Waals surface area contributed by atoms with Gasteiger partial charge in [0.05, 0.1) is 18.3 Å². The van der Waals surface area contributed by atoms with E-state index in [-0.39, 0.29) is 24.4 Å². The summed E-state index contributed by atoms with van der Waals surface area (Å²) in [5, 5.41) is 11.8. The number of amides is 1. The van der Waals surface area contributed by atoms with Crippen LogP contribution in [0.4, 0.5) is 0 Å². The van der Waals surface area contributed by atoms with Gasteiger partial charge >= 0.3 is 0 Å². The fourth-order valence-electron chi connectivity index (χ4n) is 4.07. The van der Waals surface area contributed by atoms with Gasteiger partial charge in [-0.3, -0.25) is 4.79 Å². The maximum absolute atomic E-state index is 13.0. The van der Waals surface area contributed by atoms with Crippen LogP contribution in [0.1, 0.15) is 59.4 Å². The molecule has 1 atom stereocenters. The van der Waals surface area contributed by atoms with Gasteiger partial charge in [0.25, 0.3) is 5.91 Å². The summed E-state index contributed by atoms with van der Waals surface area (Å²) in [4.78, 5) is 15.0. The van der Waals surface area contributed by atoms with Gasteiger partial charge in [-0.25, -0.2) is 4.68 Å². The van der Waals surface area contributed by atoms with E-state index in [1.807, 2.05) is 21.8 Å². The number of rotatable bonds is 3. The third-order valence-electron chi connectivity index (χ3n) is 5.47. The summed E-state index contributed by atoms with van der Waals surface area (Å²) in [6.07, 6.45) is 5.96. The zero-order valence-corrected chi connectivity index (χ0v) is 15.9. The van der Waals surface area contributed by atoms with Crippen molar-refractivity contribution in [3.8, 4) is 0 Å². The lowest BCUT2D eigenvalue weighted by molar-refractivity contribution is 0.0729. The van der Waals surface area contributed by atoms with Crippen molar-refractivity contribution >= 4 is 18.3 Å². The van der Waals surface area contributed by atoms with Crippen molar-refractivity contribution in [2.24, 2.45) is 0 Å². The maximum atomic E-state index is 13.0. The fourth-order valence-corrected chi connectivity index (χ4v) is 4.07. The van der Waals surface area contributed by atoms with Gasteiger partial charge in [-0.2, -0.15) is 0 Å². The Labute approximate surface area is 160 Å². The van der Waals surface area contributed by atoms with Crippen molar-refractivity contribution < 1.29 is 4.79 Å². The Morgan fingerprint density at radius 1 is 1.19 bits per heavy atom. The lowest BCUT2D eigenvalue weighted by atomic mass is 9.99. The minimum Gasteiger partial charge on any atom is -0.330 e. The van der Waals surface area contributed by atoms with Crippen molar-refractivity contribution in [2.75, 3.05) is 19.6 Å². The Hall–Kier alpha value is -1.92. The number of hydrogen-bond donors (Lipinski definition) is 1. The Morgan fingerprint density at radius 2 is 1.96 bits per heavy atom. The first kappa shape index (κ1) is 18.9. The lowest BCUT2D eigenvalue weighted by Gasteiger charge is -2.25. The minimum atomic E-state index is 0. The molecule has 1 unspecified atom stereocenters. The highest BCUT2D eigenvalue weighted by Gasteiger charge is 2.33. The third-order valence-corrected chi connectivity index (χ3v) is 5.47. The molecular weight excluding hydrogens is 350 g/mol. The molecule has 2 aliphatic heterocycles. The number of carbonyl (C=O) groups is 1. The van der Waals surface area contributed by atoms with Crippen LogP contribution in [-0.4, -0.2) is 45.4 Å². The molecule has 0 bridgehead atoms. The highest BCUT2D eigenvalue weighted by Crippen LogP contribution is 2.34. The molecule has 2 fully saturated rings. The van der Waals surface area contributed by atoms with Gasteiger partial charge in [-0.15, -0.1) is 17.5 Å². The summed E-state index contributed by atoms with van der Waals surface area (Å²) in [5.41, 5.74) is 2.96. The molecule has 26 heavy (non-hydrogen) atoms. The second-order valence-electron chi connectivity index (χ2n) is 7.08. The van der Waals surface area contributed by atoms with E-state index in [2.05, 4.69) is 40.8 Å². The smallest absolute Gasteiger partial charge is 0.276 e. The molecule has 1 N–H and O–H groups in total. The highest BCUT2D eigenvalue weighted by atomic mass is 35.5. The molecule has 0 saturated carbocycles. The average molecular weight is 376 g/mol. The third kappa shape index (κ3) is 3.62. The molecular formula is C19H26ClN5O. The van der Waals surface area contributed by atoms with Crippen molar-refractivity contribution in [3.63, 3.8) is 0 Å². The first-order chi connectivity index (χ1) is 12.2. The van der Waals surface area contributed by atoms with E-state index in [0.29, 0.717) is 11.7 Å². The van der Waals surface area contributed by atoms with Crippen LogP contribution in [0.2, 0.25) is 0 Å². The van der Waals surface area contributed by atoms with Crippen LogP contribution >= 0.6 is 12.4 Å². The van der Waals surface area contributed by atoms with Crippen LogP contribution in [0.15, 0.2) is 30.5 Å². The van der Waals surface area contributed by atoms with E-state index >= 15 is 0 Å². The van der Waals surface area contributed by atoms with Crippen LogP contribution in [-0.2, 0) is 0 Å². The molecule has 2 aliphatic rings. The standard InChI is InChI=1S/C19H25N5O.ClH/c1-14-5-2-3-6-16(14)18-7-4-12-23(18)19(25)17-13-24(22-21-17)15-8-10-20-11-9-15;/h2-3,5-6,13,15,18,20H,4,7-12H2,1H3;1H. The number of aryl methyl sites for hydroxylation is 1. The molecule has 7 heteroatoms. The number of likely N-dealkylation sites (tertiary alicyclic amines) is 1. The number of nitrogens with zero attached hydrogens (tertiary/aromatic N) is 4. The SMILES string of the molecule is Cc1ccccc1C1CCCN1C(=O)c1cn(C2CCNCC2)nn1.Cl. The van der Waals surface area contributed by atoms with Crippen molar-refractivity contribution in [2.45, 2.75) is 44.7 Å². The summed E-state index contributed by atoms with van der Waals surface area (Å²) >= 11 is 0. The number of nitrogens with one attached hydrogen (secondary N) is 1. The number of hydrogen-bond acceptors (Lipinski definition) is 4. The molecule has 1 aromatic heterocycles. The Kier molecular flexibility index (Phi) is 5.94. The normalized spacial score (nSPS) is 20.8. The van der Waals surface area contributed by atoms with E-state index in [1.54, 1.807) is 0 Å². The van der Waals surface area contributed by atoms with Gasteiger partial charge in [-0.1, -0.05) is 29.5 Å². The molecule has 0 spiro atoms. The molecule has 3 heterocycles. The van der Waals surface area contributed by atoms with Crippen molar-refractivity contribution in [1.29, 1.82) is 0 Å². The fraction of sp³-hybridized carbons (Fsp3) is 0.526. The molecule has 4 rings (SSSR count). The zero-order valence-electron chi connectivity index (χ0n) is 15.1. The molecule has 1 amide bonds. The van der Waals surface area contributed by atoms with Crippen molar-refractivity contribution in [3.05, 3.63) is 47.3 Å². The van der Waals surface area contributed by atoms with Crippen molar-refractivity contribution in [1.82, 2.24) is 25.2 Å². The summed E-state index contributed by atoms with van der Waals surface area (Å²) in [6.45, 7) is 4.90. The summed E-state index contributed by atoms with van der Waals surface area (Å²) in [5.74, 6) is 0.00550. The van der Waals surface area contributed by atoms with E-state index in [4.69, 9.17) is 0 Å². The Morgan fingerprint density at radius 3 is 2.73 bits per heavy atom. The first-order valence-corrected chi connectivity index (χ1v) is 9.23. The molecule has 6 nitrogen and oxygen atoms in total. The quantitative estimate of drug-likeness (QED) is 0.895. The van der Waals surface area contributed by atoms with Gasteiger partial charge < -0.3 is 10.2 Å². The predicted molar refractivity (Wildman–Crippen MR) is 103 cm³/mol. The van der Waals surface area contributed by atoms with Gasteiger partial charge in [0.1, 0.15) is 0 Å². The number of piperidine rings is 1. The molecule has 2 saturated heterocycles. The average Bonchev–Trinajstić information content (AvgIpc) is 3.32. The summed E-state index contributed by atoms with van der Waals surface area (Å²) in [6, 6.07) is 8.85. The molecule has 0 aliphatic carbocycles. The van der Waals surface area contributed by atoms with Crippen LogP contribution < -0.4 is 5.32 Å². The Bertz CT molecular complexity index is 756. The van der Waals surface area contributed by atoms with E-state index in [1.165, 1.54) is 11.1 Å². The van der Waals surface area contributed by atoms with Gasteiger partial charge in [0.2, 0.25) is 0 Å². The predicted octanol–water partition coefficient (Wildman–Crippen LogP) is 2.91. The van der Waals surface area contributed by atoms with E-state index < -0.39 is 0 Å².